The Morgan fingerprint density at radius 3 is 2.69 bits per heavy atom. The molecule has 72 valence electrons. The second-order valence-corrected chi connectivity index (χ2v) is 4.36. The molecule has 13 heavy (non-hydrogen) atoms. The molecule has 0 saturated carbocycles. The summed E-state index contributed by atoms with van der Waals surface area (Å²) in [6, 6.07) is 0. The minimum absolute atomic E-state index is 0.00262. The zero-order valence-corrected chi connectivity index (χ0v) is 9.19. The minimum Gasteiger partial charge on any atom is -0.109 e. The van der Waals surface area contributed by atoms with Crippen molar-refractivity contribution in [2.75, 3.05) is 0 Å². The van der Waals surface area contributed by atoms with Gasteiger partial charge in [0.05, 0.1) is 5.38 Å². The molecule has 0 spiro atoms. The molecule has 0 radical (unpaired) electrons. The molecule has 1 unspecified atom stereocenters. The third-order valence-electron chi connectivity index (χ3n) is 2.25. The first kappa shape index (κ1) is 10.7. The largest absolute Gasteiger partial charge is 0.109 e. The summed E-state index contributed by atoms with van der Waals surface area (Å²) in [7, 11) is 0. The quantitative estimate of drug-likeness (QED) is 0.443. The van der Waals surface area contributed by atoms with Crippen LogP contribution in [0.3, 0.4) is 0 Å². The van der Waals surface area contributed by atoms with Gasteiger partial charge in [-0.1, -0.05) is 31.8 Å². The summed E-state index contributed by atoms with van der Waals surface area (Å²) in [4.78, 5) is 0. The normalized spacial score (nSPS) is 18.9. The van der Waals surface area contributed by atoms with Crippen LogP contribution < -0.4 is 0 Å². The second-order valence-electron chi connectivity index (χ2n) is 3.89. The van der Waals surface area contributed by atoms with Gasteiger partial charge in [-0.25, -0.2) is 0 Å². The first-order valence-electron chi connectivity index (χ1n) is 5.05. The van der Waals surface area contributed by atoms with Crippen LogP contribution in [-0.4, -0.2) is 5.38 Å². The molecular formula is C12H17Cl. The first-order chi connectivity index (χ1) is 6.20. The number of allylic oxidation sites excluding steroid dienone is 2. The van der Waals surface area contributed by atoms with Crippen LogP contribution >= 0.6 is 11.6 Å². The summed E-state index contributed by atoms with van der Waals surface area (Å²) in [6.45, 7) is 4.20. The summed E-state index contributed by atoms with van der Waals surface area (Å²) in [5.74, 6) is 6.72. The standard InChI is InChI=1S/C12H17Cl/c1-10(2)12(13)9-8-11-6-4-3-5-7-11/h6,10,12H,3-5,7H2,1-2H3. The molecule has 0 amide bonds. The molecule has 0 saturated heterocycles. The number of alkyl halides is 1. The highest BCUT2D eigenvalue weighted by Gasteiger charge is 2.05. The van der Waals surface area contributed by atoms with Gasteiger partial charge in [0.2, 0.25) is 0 Å². The molecule has 0 N–H and O–H groups in total. The van der Waals surface area contributed by atoms with Crippen molar-refractivity contribution in [1.29, 1.82) is 0 Å². The molecule has 0 aliphatic heterocycles. The van der Waals surface area contributed by atoms with Crippen LogP contribution in [-0.2, 0) is 0 Å². The Kier molecular flexibility index (Phi) is 4.39. The smallest absolute Gasteiger partial charge is 0.0969 e. The van der Waals surface area contributed by atoms with Crippen LogP contribution in [0.2, 0.25) is 0 Å². The van der Waals surface area contributed by atoms with Crippen molar-refractivity contribution in [2.45, 2.75) is 44.9 Å². The molecule has 0 aromatic carbocycles. The maximum atomic E-state index is 6.03. The number of halogens is 1. The van der Waals surface area contributed by atoms with E-state index in [9.17, 15) is 0 Å². The summed E-state index contributed by atoms with van der Waals surface area (Å²) >= 11 is 6.03. The van der Waals surface area contributed by atoms with E-state index >= 15 is 0 Å². The third kappa shape index (κ3) is 3.87. The fourth-order valence-corrected chi connectivity index (χ4v) is 1.33. The number of hydrogen-bond donors (Lipinski definition) is 0. The van der Waals surface area contributed by atoms with Gasteiger partial charge in [0.1, 0.15) is 0 Å². The predicted octanol–water partition coefficient (Wildman–Crippen LogP) is 3.75. The SMILES string of the molecule is CC(C)C(Cl)C#CC1=CCCCC1. The average molecular weight is 197 g/mol. The number of rotatable bonds is 1. The van der Waals surface area contributed by atoms with Gasteiger partial charge in [0.15, 0.2) is 0 Å². The van der Waals surface area contributed by atoms with Gasteiger partial charge in [-0.05, 0) is 37.2 Å². The Bertz CT molecular complexity index is 240. The zero-order chi connectivity index (χ0) is 9.68. The van der Waals surface area contributed by atoms with Gasteiger partial charge in [0, 0.05) is 0 Å². The van der Waals surface area contributed by atoms with E-state index in [1.807, 2.05) is 0 Å². The van der Waals surface area contributed by atoms with E-state index in [-0.39, 0.29) is 5.38 Å². The summed E-state index contributed by atoms with van der Waals surface area (Å²) in [5, 5.41) is 0.00262. The molecule has 1 atom stereocenters. The molecule has 1 heteroatoms. The molecule has 1 aliphatic carbocycles. The van der Waals surface area contributed by atoms with Gasteiger partial charge < -0.3 is 0 Å². The van der Waals surface area contributed by atoms with Crippen molar-refractivity contribution in [3.63, 3.8) is 0 Å². The first-order valence-corrected chi connectivity index (χ1v) is 5.48. The Morgan fingerprint density at radius 2 is 2.15 bits per heavy atom. The van der Waals surface area contributed by atoms with Crippen molar-refractivity contribution in [3.05, 3.63) is 11.6 Å². The highest BCUT2D eigenvalue weighted by molar-refractivity contribution is 6.22. The molecule has 0 fully saturated rings. The zero-order valence-electron chi connectivity index (χ0n) is 8.44. The maximum Gasteiger partial charge on any atom is 0.0969 e. The Balaban J connectivity index is 2.50. The second kappa shape index (κ2) is 5.35. The van der Waals surface area contributed by atoms with Gasteiger partial charge in [-0.2, -0.15) is 0 Å². The van der Waals surface area contributed by atoms with Crippen LogP contribution in [0.4, 0.5) is 0 Å². The Labute approximate surface area is 86.4 Å². The summed E-state index contributed by atoms with van der Waals surface area (Å²) in [5.41, 5.74) is 1.29. The molecule has 0 aromatic rings. The molecular weight excluding hydrogens is 180 g/mol. The van der Waals surface area contributed by atoms with Crippen molar-refractivity contribution in [2.24, 2.45) is 5.92 Å². The molecule has 0 aromatic heterocycles. The average Bonchev–Trinajstić information content (AvgIpc) is 2.15. The summed E-state index contributed by atoms with van der Waals surface area (Å²) in [6.07, 6.45) is 7.20. The van der Waals surface area contributed by atoms with E-state index in [1.54, 1.807) is 0 Å². The molecule has 0 heterocycles. The van der Waals surface area contributed by atoms with Crippen molar-refractivity contribution < 1.29 is 0 Å². The van der Waals surface area contributed by atoms with Crippen LogP contribution in [0.5, 0.6) is 0 Å². The Morgan fingerprint density at radius 1 is 1.38 bits per heavy atom. The predicted molar refractivity (Wildman–Crippen MR) is 58.8 cm³/mol. The lowest BCUT2D eigenvalue weighted by atomic mass is 9.99. The highest BCUT2D eigenvalue weighted by Crippen LogP contribution is 2.16. The third-order valence-corrected chi connectivity index (χ3v) is 2.86. The number of hydrogen-bond acceptors (Lipinski definition) is 0. The van der Waals surface area contributed by atoms with Crippen LogP contribution in [0.15, 0.2) is 11.6 Å². The lowest BCUT2D eigenvalue weighted by molar-refractivity contribution is 0.682. The van der Waals surface area contributed by atoms with Crippen LogP contribution in [0.25, 0.3) is 0 Å². The van der Waals surface area contributed by atoms with E-state index in [0.29, 0.717) is 5.92 Å². The lowest BCUT2D eigenvalue weighted by Gasteiger charge is -2.07. The van der Waals surface area contributed by atoms with E-state index in [4.69, 9.17) is 11.6 Å². The van der Waals surface area contributed by atoms with Gasteiger partial charge in [-0.3, -0.25) is 0 Å². The van der Waals surface area contributed by atoms with Crippen molar-refractivity contribution in [1.82, 2.24) is 0 Å². The topological polar surface area (TPSA) is 0 Å². The fraction of sp³-hybridized carbons (Fsp3) is 0.667. The maximum absolute atomic E-state index is 6.03. The highest BCUT2D eigenvalue weighted by atomic mass is 35.5. The van der Waals surface area contributed by atoms with E-state index in [2.05, 4.69) is 31.8 Å². The van der Waals surface area contributed by atoms with Gasteiger partial charge in [-0.15, -0.1) is 11.6 Å². The Hall–Kier alpha value is -0.410. The van der Waals surface area contributed by atoms with E-state index < -0.39 is 0 Å². The van der Waals surface area contributed by atoms with Gasteiger partial charge >= 0.3 is 0 Å². The van der Waals surface area contributed by atoms with Crippen molar-refractivity contribution in [3.8, 4) is 11.8 Å². The minimum atomic E-state index is 0.00262. The summed E-state index contributed by atoms with van der Waals surface area (Å²) < 4.78 is 0. The van der Waals surface area contributed by atoms with Crippen LogP contribution in [0.1, 0.15) is 39.5 Å². The van der Waals surface area contributed by atoms with Crippen molar-refractivity contribution >= 4 is 11.6 Å². The molecule has 1 aliphatic rings. The molecule has 0 bridgehead atoms. The lowest BCUT2D eigenvalue weighted by Crippen LogP contribution is -2.04. The molecule has 1 rings (SSSR count). The molecule has 0 nitrogen and oxygen atoms in total. The monoisotopic (exact) mass is 196 g/mol. The van der Waals surface area contributed by atoms with Crippen LogP contribution in [0, 0.1) is 17.8 Å². The van der Waals surface area contributed by atoms with E-state index in [1.165, 1.54) is 24.8 Å². The van der Waals surface area contributed by atoms with E-state index in [0.717, 1.165) is 6.42 Å². The fourth-order valence-electron chi connectivity index (χ4n) is 1.28. The van der Waals surface area contributed by atoms with Gasteiger partial charge in [0.25, 0.3) is 0 Å².